The Morgan fingerprint density at radius 1 is 1.33 bits per heavy atom. The molecule has 5 heteroatoms. The Labute approximate surface area is 122 Å². The van der Waals surface area contributed by atoms with E-state index in [0.29, 0.717) is 6.61 Å². The third-order valence-electron chi connectivity index (χ3n) is 3.73. The van der Waals surface area contributed by atoms with Gasteiger partial charge in [0.1, 0.15) is 5.75 Å². The molecule has 0 spiro atoms. The monoisotopic (exact) mass is 288 g/mol. The van der Waals surface area contributed by atoms with Gasteiger partial charge in [-0.05, 0) is 23.3 Å². The van der Waals surface area contributed by atoms with E-state index in [1.807, 2.05) is 18.2 Å². The zero-order chi connectivity index (χ0) is 14.8. The Kier molecular flexibility index (Phi) is 3.77. The molecule has 2 aromatic carbocycles. The van der Waals surface area contributed by atoms with Gasteiger partial charge < -0.3 is 9.47 Å². The molecular formula is C16H17FN2O2. The Morgan fingerprint density at radius 2 is 2.19 bits per heavy atom. The number of methoxy groups -OCH3 is 1. The van der Waals surface area contributed by atoms with Crippen LogP contribution in [0.5, 0.6) is 11.5 Å². The number of para-hydroxylation sites is 1. The number of rotatable bonds is 4. The molecule has 0 bridgehead atoms. The molecule has 2 aromatic rings. The van der Waals surface area contributed by atoms with Gasteiger partial charge in [0.15, 0.2) is 11.6 Å². The molecule has 21 heavy (non-hydrogen) atoms. The van der Waals surface area contributed by atoms with Crippen molar-refractivity contribution in [3.05, 3.63) is 58.9 Å². The van der Waals surface area contributed by atoms with Gasteiger partial charge in [-0.1, -0.05) is 24.3 Å². The Morgan fingerprint density at radius 3 is 2.95 bits per heavy atom. The molecule has 1 aliphatic rings. The van der Waals surface area contributed by atoms with Crippen molar-refractivity contribution in [2.45, 2.75) is 12.5 Å². The van der Waals surface area contributed by atoms with Gasteiger partial charge in [-0.25, -0.2) is 9.82 Å². The number of fused-ring (bicyclic) bond motifs is 1. The van der Waals surface area contributed by atoms with E-state index in [4.69, 9.17) is 15.3 Å². The molecule has 3 rings (SSSR count). The summed E-state index contributed by atoms with van der Waals surface area (Å²) in [6.45, 7) is 0.677. The van der Waals surface area contributed by atoms with E-state index in [9.17, 15) is 4.39 Å². The zero-order valence-corrected chi connectivity index (χ0v) is 11.7. The van der Waals surface area contributed by atoms with Gasteiger partial charge in [0.25, 0.3) is 0 Å². The molecule has 3 N–H and O–H groups in total. The van der Waals surface area contributed by atoms with Crippen molar-refractivity contribution in [2.24, 2.45) is 5.84 Å². The average Bonchev–Trinajstić information content (AvgIpc) is 2.99. The van der Waals surface area contributed by atoms with Crippen LogP contribution in [0.4, 0.5) is 4.39 Å². The van der Waals surface area contributed by atoms with Crippen molar-refractivity contribution < 1.29 is 13.9 Å². The van der Waals surface area contributed by atoms with Gasteiger partial charge >= 0.3 is 0 Å². The summed E-state index contributed by atoms with van der Waals surface area (Å²) in [5.41, 5.74) is 5.71. The SMILES string of the molecule is COc1cc(C(NN)c2cccc3c2OCC3)ccc1F. The molecule has 0 saturated carbocycles. The van der Waals surface area contributed by atoms with Gasteiger partial charge in [-0.3, -0.25) is 5.84 Å². The predicted molar refractivity (Wildman–Crippen MR) is 77.8 cm³/mol. The van der Waals surface area contributed by atoms with Crippen LogP contribution < -0.4 is 20.7 Å². The van der Waals surface area contributed by atoms with Crippen molar-refractivity contribution >= 4 is 0 Å². The summed E-state index contributed by atoms with van der Waals surface area (Å²) in [6, 6.07) is 10.4. The van der Waals surface area contributed by atoms with Crippen LogP contribution in [0.2, 0.25) is 0 Å². The summed E-state index contributed by atoms with van der Waals surface area (Å²) in [4.78, 5) is 0. The van der Waals surface area contributed by atoms with Crippen molar-refractivity contribution in [3.8, 4) is 11.5 Å². The maximum Gasteiger partial charge on any atom is 0.165 e. The average molecular weight is 288 g/mol. The largest absolute Gasteiger partial charge is 0.494 e. The van der Waals surface area contributed by atoms with Crippen LogP contribution in [-0.4, -0.2) is 13.7 Å². The minimum atomic E-state index is -0.397. The molecule has 1 atom stereocenters. The van der Waals surface area contributed by atoms with E-state index in [0.717, 1.165) is 23.3 Å². The van der Waals surface area contributed by atoms with Crippen molar-refractivity contribution in [2.75, 3.05) is 13.7 Å². The second kappa shape index (κ2) is 5.71. The lowest BCUT2D eigenvalue weighted by Gasteiger charge is -2.20. The summed E-state index contributed by atoms with van der Waals surface area (Å²) < 4.78 is 24.3. The lowest BCUT2D eigenvalue weighted by Crippen LogP contribution is -2.29. The summed E-state index contributed by atoms with van der Waals surface area (Å²) in [7, 11) is 1.44. The van der Waals surface area contributed by atoms with E-state index in [-0.39, 0.29) is 11.8 Å². The summed E-state index contributed by atoms with van der Waals surface area (Å²) in [5.74, 6) is 6.38. The number of hydrazine groups is 1. The van der Waals surface area contributed by atoms with E-state index in [1.54, 1.807) is 12.1 Å². The third kappa shape index (κ3) is 2.46. The number of hydrogen-bond donors (Lipinski definition) is 2. The van der Waals surface area contributed by atoms with E-state index in [1.165, 1.54) is 18.7 Å². The molecule has 0 aromatic heterocycles. The first-order chi connectivity index (χ1) is 10.2. The zero-order valence-electron chi connectivity index (χ0n) is 11.7. The Bertz CT molecular complexity index is 661. The highest BCUT2D eigenvalue weighted by Gasteiger charge is 2.23. The van der Waals surface area contributed by atoms with Crippen LogP contribution in [0.25, 0.3) is 0 Å². The minimum absolute atomic E-state index is 0.196. The van der Waals surface area contributed by atoms with E-state index < -0.39 is 5.82 Å². The van der Waals surface area contributed by atoms with Crippen LogP contribution in [0.15, 0.2) is 36.4 Å². The normalized spacial score (nSPS) is 14.4. The lowest BCUT2D eigenvalue weighted by molar-refractivity contribution is 0.350. The molecule has 1 heterocycles. The first kappa shape index (κ1) is 13.9. The highest BCUT2D eigenvalue weighted by molar-refractivity contribution is 5.49. The van der Waals surface area contributed by atoms with Crippen LogP contribution in [0, 0.1) is 5.82 Å². The van der Waals surface area contributed by atoms with Gasteiger partial charge in [-0.2, -0.15) is 0 Å². The first-order valence-electron chi connectivity index (χ1n) is 6.78. The summed E-state index contributed by atoms with van der Waals surface area (Å²) in [6.07, 6.45) is 0.896. The maximum absolute atomic E-state index is 13.6. The molecule has 0 saturated heterocycles. The number of halogens is 1. The quantitative estimate of drug-likeness (QED) is 0.669. The fraction of sp³-hybridized carbons (Fsp3) is 0.250. The maximum atomic E-state index is 13.6. The van der Waals surface area contributed by atoms with Crippen LogP contribution in [-0.2, 0) is 6.42 Å². The van der Waals surface area contributed by atoms with Crippen molar-refractivity contribution in [3.63, 3.8) is 0 Å². The van der Waals surface area contributed by atoms with Gasteiger partial charge in [-0.15, -0.1) is 0 Å². The molecule has 0 amide bonds. The van der Waals surface area contributed by atoms with Crippen molar-refractivity contribution in [1.82, 2.24) is 5.43 Å². The molecule has 0 radical (unpaired) electrons. The van der Waals surface area contributed by atoms with Crippen LogP contribution in [0.3, 0.4) is 0 Å². The van der Waals surface area contributed by atoms with Gasteiger partial charge in [0.05, 0.1) is 19.8 Å². The second-order valence-corrected chi connectivity index (χ2v) is 4.93. The Balaban J connectivity index is 2.05. The molecule has 1 aliphatic heterocycles. The summed E-state index contributed by atoms with van der Waals surface area (Å²) in [5, 5.41) is 0. The number of benzene rings is 2. The van der Waals surface area contributed by atoms with Crippen molar-refractivity contribution in [1.29, 1.82) is 0 Å². The third-order valence-corrected chi connectivity index (χ3v) is 3.73. The summed E-state index contributed by atoms with van der Waals surface area (Å²) >= 11 is 0. The molecular weight excluding hydrogens is 271 g/mol. The van der Waals surface area contributed by atoms with Gasteiger partial charge in [0, 0.05) is 12.0 Å². The molecule has 0 fully saturated rings. The topological polar surface area (TPSA) is 56.5 Å². The number of ether oxygens (including phenoxy) is 2. The minimum Gasteiger partial charge on any atom is -0.494 e. The fourth-order valence-electron chi connectivity index (χ4n) is 2.69. The van der Waals surface area contributed by atoms with Crippen LogP contribution >= 0.6 is 0 Å². The predicted octanol–water partition coefficient (Wildman–Crippen LogP) is 2.32. The molecule has 110 valence electrons. The van der Waals surface area contributed by atoms with Crippen LogP contribution in [0.1, 0.15) is 22.7 Å². The second-order valence-electron chi connectivity index (χ2n) is 4.93. The molecule has 4 nitrogen and oxygen atoms in total. The first-order valence-corrected chi connectivity index (χ1v) is 6.78. The molecule has 0 aliphatic carbocycles. The standard InChI is InChI=1S/C16H17FN2O2/c1-20-14-9-11(5-6-13(14)17)15(19-18)12-4-2-3-10-7-8-21-16(10)12/h2-6,9,15,19H,7-8,18H2,1H3. The highest BCUT2D eigenvalue weighted by atomic mass is 19.1. The smallest absolute Gasteiger partial charge is 0.165 e. The lowest BCUT2D eigenvalue weighted by atomic mass is 9.96. The van der Waals surface area contributed by atoms with E-state index >= 15 is 0 Å². The number of hydrogen-bond acceptors (Lipinski definition) is 4. The fourth-order valence-corrected chi connectivity index (χ4v) is 2.69. The van der Waals surface area contributed by atoms with Gasteiger partial charge in [0.2, 0.25) is 0 Å². The highest BCUT2D eigenvalue weighted by Crippen LogP contribution is 2.36. The number of nitrogens with two attached hydrogens (primary N) is 1. The van der Waals surface area contributed by atoms with E-state index in [2.05, 4.69) is 5.43 Å². The number of nitrogens with one attached hydrogen (secondary N) is 1. The molecule has 1 unspecified atom stereocenters. The Hall–Kier alpha value is -2.11.